The molecule has 0 fully saturated rings. The monoisotopic (exact) mass is 278 g/mol. The molecule has 94 valence electrons. The van der Waals surface area contributed by atoms with E-state index in [0.29, 0.717) is 4.99 Å². The fourth-order valence-corrected chi connectivity index (χ4v) is 2.55. The average molecular weight is 278 g/mol. The molecule has 2 heterocycles. The zero-order valence-corrected chi connectivity index (χ0v) is 11.8. The maximum atomic E-state index is 5.68. The van der Waals surface area contributed by atoms with Gasteiger partial charge in [-0.1, -0.05) is 12.2 Å². The summed E-state index contributed by atoms with van der Waals surface area (Å²) in [5.74, 6) is 0. The lowest BCUT2D eigenvalue weighted by atomic mass is 10.2. The molecule has 2 aromatic heterocycles. The van der Waals surface area contributed by atoms with Crippen LogP contribution < -0.4 is 11.1 Å². The van der Waals surface area contributed by atoms with Gasteiger partial charge in [-0.25, -0.2) is 4.98 Å². The van der Waals surface area contributed by atoms with Gasteiger partial charge in [0.15, 0.2) is 0 Å². The van der Waals surface area contributed by atoms with Gasteiger partial charge in [0.2, 0.25) is 0 Å². The predicted molar refractivity (Wildman–Crippen MR) is 79.0 cm³/mol. The van der Waals surface area contributed by atoms with Crippen molar-refractivity contribution >= 4 is 34.2 Å². The maximum Gasteiger partial charge on any atom is 0.115 e. The number of aryl methyl sites for hydroxylation is 1. The van der Waals surface area contributed by atoms with E-state index < -0.39 is 0 Å². The standard InChI is InChI=1S/C12H14N4S2/c1-7-5-15-12(18-7)8(2)16-10-6-14-4-3-9(10)11(13)17/h3-6,8,16H,1-2H3,(H2,13,17). The Hall–Kier alpha value is -1.53. The molecule has 0 radical (unpaired) electrons. The molecule has 6 heteroatoms. The predicted octanol–water partition coefficient (Wildman–Crippen LogP) is 2.65. The van der Waals surface area contributed by atoms with E-state index in [9.17, 15) is 0 Å². The number of hydrogen-bond acceptors (Lipinski definition) is 5. The van der Waals surface area contributed by atoms with E-state index in [2.05, 4.69) is 22.2 Å². The van der Waals surface area contributed by atoms with Crippen LogP contribution in [0.5, 0.6) is 0 Å². The number of rotatable bonds is 4. The summed E-state index contributed by atoms with van der Waals surface area (Å²) in [5, 5.41) is 4.37. The number of hydrogen-bond donors (Lipinski definition) is 2. The molecule has 1 atom stereocenters. The third-order valence-corrected chi connectivity index (χ3v) is 3.78. The van der Waals surface area contributed by atoms with Gasteiger partial charge in [-0.15, -0.1) is 11.3 Å². The zero-order valence-electron chi connectivity index (χ0n) is 10.2. The number of aromatic nitrogens is 2. The van der Waals surface area contributed by atoms with E-state index in [4.69, 9.17) is 18.0 Å². The van der Waals surface area contributed by atoms with Crippen molar-refractivity contribution in [2.75, 3.05) is 5.32 Å². The molecule has 2 aromatic rings. The average Bonchev–Trinajstić information content (AvgIpc) is 2.76. The minimum absolute atomic E-state index is 0.0981. The van der Waals surface area contributed by atoms with E-state index >= 15 is 0 Å². The molecule has 0 amide bonds. The number of anilines is 1. The first kappa shape index (κ1) is 12.9. The van der Waals surface area contributed by atoms with Gasteiger partial charge in [-0.2, -0.15) is 0 Å². The van der Waals surface area contributed by atoms with Crippen molar-refractivity contribution in [2.45, 2.75) is 19.9 Å². The third kappa shape index (κ3) is 2.83. The Balaban J connectivity index is 2.21. The fraction of sp³-hybridized carbons (Fsp3) is 0.250. The van der Waals surface area contributed by atoms with Crippen LogP contribution in [0.1, 0.15) is 28.4 Å². The molecule has 0 aromatic carbocycles. The minimum atomic E-state index is 0.0981. The number of nitrogens with two attached hydrogens (primary N) is 1. The van der Waals surface area contributed by atoms with Gasteiger partial charge in [0.25, 0.3) is 0 Å². The highest BCUT2D eigenvalue weighted by molar-refractivity contribution is 7.80. The van der Waals surface area contributed by atoms with Crippen LogP contribution in [0.15, 0.2) is 24.7 Å². The Bertz CT molecular complexity index is 565. The van der Waals surface area contributed by atoms with Crippen LogP contribution in [-0.2, 0) is 0 Å². The normalized spacial score (nSPS) is 12.1. The van der Waals surface area contributed by atoms with Crippen LogP contribution in [0.3, 0.4) is 0 Å². The zero-order chi connectivity index (χ0) is 13.1. The van der Waals surface area contributed by atoms with Crippen molar-refractivity contribution in [3.63, 3.8) is 0 Å². The van der Waals surface area contributed by atoms with E-state index in [1.807, 2.05) is 19.2 Å². The van der Waals surface area contributed by atoms with Gasteiger partial charge in [-0.05, 0) is 19.9 Å². The Morgan fingerprint density at radius 1 is 1.50 bits per heavy atom. The lowest BCUT2D eigenvalue weighted by Crippen LogP contribution is -2.15. The van der Waals surface area contributed by atoms with Crippen LogP contribution >= 0.6 is 23.6 Å². The van der Waals surface area contributed by atoms with Gasteiger partial charge < -0.3 is 11.1 Å². The van der Waals surface area contributed by atoms with E-state index in [0.717, 1.165) is 16.3 Å². The maximum absolute atomic E-state index is 5.68. The number of thiazole rings is 1. The summed E-state index contributed by atoms with van der Waals surface area (Å²) in [6.07, 6.45) is 5.28. The number of thiocarbonyl (C=S) groups is 1. The SMILES string of the molecule is Cc1cnc(C(C)Nc2cnccc2C(N)=S)s1. The second kappa shape index (κ2) is 5.41. The first-order valence-electron chi connectivity index (χ1n) is 5.50. The molecule has 0 bridgehead atoms. The summed E-state index contributed by atoms with van der Waals surface area (Å²) in [5.41, 5.74) is 7.33. The second-order valence-corrected chi connectivity index (χ2v) is 5.67. The quantitative estimate of drug-likeness (QED) is 0.842. The summed E-state index contributed by atoms with van der Waals surface area (Å²) in [7, 11) is 0. The minimum Gasteiger partial charge on any atom is -0.389 e. The van der Waals surface area contributed by atoms with Crippen LogP contribution in [0.4, 0.5) is 5.69 Å². The Morgan fingerprint density at radius 2 is 2.28 bits per heavy atom. The summed E-state index contributed by atoms with van der Waals surface area (Å²) in [4.78, 5) is 10.0. The van der Waals surface area contributed by atoms with Crippen molar-refractivity contribution < 1.29 is 0 Å². The molecule has 0 saturated carbocycles. The van der Waals surface area contributed by atoms with E-state index in [1.54, 1.807) is 23.7 Å². The van der Waals surface area contributed by atoms with Gasteiger partial charge in [-0.3, -0.25) is 4.98 Å². The third-order valence-electron chi connectivity index (χ3n) is 2.47. The fourth-order valence-electron chi connectivity index (χ4n) is 1.59. The highest BCUT2D eigenvalue weighted by Crippen LogP contribution is 2.24. The first-order chi connectivity index (χ1) is 8.58. The van der Waals surface area contributed by atoms with Crippen LogP contribution in [0.2, 0.25) is 0 Å². The van der Waals surface area contributed by atoms with Crippen LogP contribution in [-0.4, -0.2) is 15.0 Å². The van der Waals surface area contributed by atoms with Crippen molar-refractivity contribution in [1.29, 1.82) is 0 Å². The molecule has 0 aliphatic rings. The van der Waals surface area contributed by atoms with Crippen LogP contribution in [0, 0.1) is 6.92 Å². The molecular formula is C12H14N4S2. The molecule has 0 spiro atoms. The highest BCUT2D eigenvalue weighted by atomic mass is 32.1. The van der Waals surface area contributed by atoms with Crippen molar-refractivity contribution in [2.24, 2.45) is 5.73 Å². The topological polar surface area (TPSA) is 63.8 Å². The van der Waals surface area contributed by atoms with Gasteiger partial charge in [0.05, 0.1) is 17.9 Å². The number of pyridine rings is 1. The molecule has 0 aliphatic heterocycles. The van der Waals surface area contributed by atoms with E-state index in [1.165, 1.54) is 4.88 Å². The molecule has 0 aliphatic carbocycles. The molecule has 3 N–H and O–H groups in total. The molecule has 2 rings (SSSR count). The Morgan fingerprint density at radius 3 is 2.89 bits per heavy atom. The van der Waals surface area contributed by atoms with Crippen molar-refractivity contribution in [1.82, 2.24) is 9.97 Å². The molecule has 1 unspecified atom stereocenters. The molecule has 18 heavy (non-hydrogen) atoms. The summed E-state index contributed by atoms with van der Waals surface area (Å²) >= 11 is 6.69. The van der Waals surface area contributed by atoms with E-state index in [-0.39, 0.29) is 6.04 Å². The van der Waals surface area contributed by atoms with Gasteiger partial charge in [0, 0.05) is 22.8 Å². The number of nitrogens with one attached hydrogen (secondary N) is 1. The second-order valence-electron chi connectivity index (χ2n) is 3.96. The molecular weight excluding hydrogens is 264 g/mol. The number of nitrogens with zero attached hydrogens (tertiary/aromatic N) is 2. The highest BCUT2D eigenvalue weighted by Gasteiger charge is 2.12. The first-order valence-corrected chi connectivity index (χ1v) is 6.73. The molecule has 0 saturated heterocycles. The lowest BCUT2D eigenvalue weighted by molar-refractivity contribution is 0.867. The van der Waals surface area contributed by atoms with Gasteiger partial charge >= 0.3 is 0 Å². The summed E-state index contributed by atoms with van der Waals surface area (Å²) in [6, 6.07) is 1.91. The largest absolute Gasteiger partial charge is 0.389 e. The Kier molecular flexibility index (Phi) is 3.88. The van der Waals surface area contributed by atoms with Crippen molar-refractivity contribution in [3.05, 3.63) is 40.1 Å². The van der Waals surface area contributed by atoms with Crippen LogP contribution in [0.25, 0.3) is 0 Å². The van der Waals surface area contributed by atoms with Gasteiger partial charge in [0.1, 0.15) is 10.00 Å². The Labute approximate surface area is 115 Å². The summed E-state index contributed by atoms with van der Waals surface area (Å²) < 4.78 is 0. The van der Waals surface area contributed by atoms with Crippen molar-refractivity contribution in [3.8, 4) is 0 Å². The summed E-state index contributed by atoms with van der Waals surface area (Å²) in [6.45, 7) is 4.09. The molecule has 4 nitrogen and oxygen atoms in total. The lowest BCUT2D eigenvalue weighted by Gasteiger charge is -2.15. The smallest absolute Gasteiger partial charge is 0.115 e.